The molecule has 2 aliphatic rings. The number of hydrogen-bond acceptors (Lipinski definition) is 6. The van der Waals surface area contributed by atoms with Crippen molar-refractivity contribution in [1.29, 1.82) is 0 Å². The number of nitrogens with zero attached hydrogens (tertiary/aromatic N) is 1. The molecule has 2 atom stereocenters. The summed E-state index contributed by atoms with van der Waals surface area (Å²) in [6.45, 7) is 7.00. The van der Waals surface area contributed by atoms with Gasteiger partial charge in [0.15, 0.2) is 0 Å². The Balaban J connectivity index is 1.84. The molecule has 1 aromatic carbocycles. The fraction of sp³-hybridized carbons (Fsp3) is 0.571. The van der Waals surface area contributed by atoms with E-state index in [1.807, 2.05) is 0 Å². The Morgan fingerprint density at radius 1 is 1.23 bits per heavy atom. The van der Waals surface area contributed by atoms with E-state index in [0.717, 1.165) is 9.87 Å². The van der Waals surface area contributed by atoms with Gasteiger partial charge in [-0.15, -0.1) is 0 Å². The minimum Gasteiger partial charge on any atom is -0.464 e. The third kappa shape index (κ3) is 3.95. The lowest BCUT2D eigenvalue weighted by molar-refractivity contribution is -0.151. The van der Waals surface area contributed by atoms with Gasteiger partial charge in [-0.05, 0) is 45.2 Å². The summed E-state index contributed by atoms with van der Waals surface area (Å²) in [5, 5.41) is 1.82. The van der Waals surface area contributed by atoms with Crippen LogP contribution < -0.4 is 5.32 Å². The lowest BCUT2D eigenvalue weighted by Crippen LogP contribution is -2.51. The molecule has 0 bridgehead atoms. The van der Waals surface area contributed by atoms with Crippen LogP contribution in [-0.2, 0) is 35.6 Å². The highest BCUT2D eigenvalue weighted by Gasteiger charge is 2.50. The molecule has 3 rings (SSSR count). The normalized spacial score (nSPS) is 26.0. The average Bonchev–Trinajstić information content (AvgIpc) is 3.12. The summed E-state index contributed by atoms with van der Waals surface area (Å²) < 4.78 is 32.1. The van der Waals surface area contributed by atoms with Gasteiger partial charge >= 0.3 is 5.97 Å². The number of rotatable bonds is 5. The molecule has 2 fully saturated rings. The molecule has 2 heterocycles. The average molecular weight is 437 g/mol. The summed E-state index contributed by atoms with van der Waals surface area (Å²) >= 11 is 0. The molecule has 164 valence electrons. The molecular formula is C21H28N2O6S. The third-order valence-corrected chi connectivity index (χ3v) is 7.91. The van der Waals surface area contributed by atoms with Crippen molar-refractivity contribution in [1.82, 2.24) is 9.62 Å². The fourth-order valence-corrected chi connectivity index (χ4v) is 6.44. The minimum atomic E-state index is -3.81. The largest absolute Gasteiger partial charge is 0.464 e. The van der Waals surface area contributed by atoms with E-state index in [1.54, 1.807) is 52.0 Å². The molecule has 2 unspecified atom stereocenters. The summed E-state index contributed by atoms with van der Waals surface area (Å²) in [6.07, 6.45) is 0.754. The summed E-state index contributed by atoms with van der Waals surface area (Å²) in [6, 6.07) is 6.82. The summed E-state index contributed by atoms with van der Waals surface area (Å²) in [7, 11) is -3.81. The van der Waals surface area contributed by atoms with Crippen LogP contribution in [0.25, 0.3) is 0 Å². The van der Waals surface area contributed by atoms with Crippen molar-refractivity contribution in [2.75, 3.05) is 6.61 Å². The first-order valence-electron chi connectivity index (χ1n) is 10.0. The lowest BCUT2D eigenvalue weighted by Gasteiger charge is -2.30. The van der Waals surface area contributed by atoms with Gasteiger partial charge in [0.1, 0.15) is 10.8 Å². The summed E-state index contributed by atoms with van der Waals surface area (Å²) in [4.78, 5) is 36.6. The molecule has 2 saturated heterocycles. The maximum absolute atomic E-state index is 13.0. The van der Waals surface area contributed by atoms with Crippen LogP contribution in [0.1, 0.15) is 63.3 Å². The van der Waals surface area contributed by atoms with Gasteiger partial charge in [0.25, 0.3) is 0 Å². The smallest absolute Gasteiger partial charge is 0.332 e. The molecule has 8 nitrogen and oxygen atoms in total. The third-order valence-electron chi connectivity index (χ3n) is 5.49. The van der Waals surface area contributed by atoms with E-state index >= 15 is 0 Å². The van der Waals surface area contributed by atoms with Gasteiger partial charge in [-0.1, -0.05) is 24.3 Å². The van der Waals surface area contributed by atoms with Crippen molar-refractivity contribution >= 4 is 27.8 Å². The van der Waals surface area contributed by atoms with Crippen LogP contribution in [0.3, 0.4) is 0 Å². The number of ether oxygens (including phenoxy) is 1. The Bertz CT molecular complexity index is 964. The number of carbonyl (C=O) groups is 3. The second kappa shape index (κ2) is 7.68. The number of benzene rings is 1. The first kappa shape index (κ1) is 22.3. The Labute approximate surface area is 177 Å². The van der Waals surface area contributed by atoms with Gasteiger partial charge in [-0.25, -0.2) is 17.5 Å². The van der Waals surface area contributed by atoms with Crippen LogP contribution in [0, 0.1) is 0 Å². The molecule has 1 aromatic rings. The number of esters is 1. The highest BCUT2D eigenvalue weighted by molar-refractivity contribution is 7.90. The Morgan fingerprint density at radius 2 is 1.87 bits per heavy atom. The van der Waals surface area contributed by atoms with E-state index in [0.29, 0.717) is 12.0 Å². The van der Waals surface area contributed by atoms with E-state index in [4.69, 9.17) is 4.74 Å². The van der Waals surface area contributed by atoms with E-state index in [-0.39, 0.29) is 31.8 Å². The Hall–Kier alpha value is -2.42. The minimum absolute atomic E-state index is 0.0955. The fourth-order valence-electron chi connectivity index (χ4n) is 4.21. The van der Waals surface area contributed by atoms with Gasteiger partial charge in [0.2, 0.25) is 21.8 Å². The zero-order valence-corrected chi connectivity index (χ0v) is 18.5. The molecule has 0 saturated carbocycles. The van der Waals surface area contributed by atoms with Crippen molar-refractivity contribution in [2.45, 2.75) is 69.7 Å². The SMILES string of the molecule is CCOC(=O)C1(Cc2ccc(C3CC(=O)N(C(C)(C)C)S3(=O)=O)cc2)CCC(=O)N1. The predicted octanol–water partition coefficient (Wildman–Crippen LogP) is 1.84. The lowest BCUT2D eigenvalue weighted by atomic mass is 9.89. The molecule has 1 N–H and O–H groups in total. The monoisotopic (exact) mass is 436 g/mol. The van der Waals surface area contributed by atoms with Crippen molar-refractivity contribution in [3.8, 4) is 0 Å². The first-order chi connectivity index (χ1) is 13.9. The van der Waals surface area contributed by atoms with Crippen LogP contribution in [-0.4, -0.2) is 48.2 Å². The first-order valence-corrected chi connectivity index (χ1v) is 11.6. The van der Waals surface area contributed by atoms with Crippen LogP contribution in [0.15, 0.2) is 24.3 Å². The van der Waals surface area contributed by atoms with Gasteiger partial charge in [0.05, 0.1) is 18.6 Å². The maximum atomic E-state index is 13.0. The van der Waals surface area contributed by atoms with Gasteiger partial charge in [-0.2, -0.15) is 0 Å². The second-order valence-corrected chi connectivity index (χ2v) is 10.8. The quantitative estimate of drug-likeness (QED) is 0.706. The summed E-state index contributed by atoms with van der Waals surface area (Å²) in [5.74, 6) is -1.08. The van der Waals surface area contributed by atoms with Crippen molar-refractivity contribution in [2.24, 2.45) is 0 Å². The standard InChI is InChI=1S/C21H28N2O6S/c1-5-29-19(26)21(11-10-17(24)22-21)13-14-6-8-15(9-7-14)16-12-18(25)23(20(2,3)4)30(16,27)28/h6-9,16H,5,10-13H2,1-4H3,(H,22,24). The van der Waals surface area contributed by atoms with E-state index in [9.17, 15) is 22.8 Å². The zero-order chi connectivity index (χ0) is 22.3. The molecule has 0 aromatic heterocycles. The molecule has 9 heteroatoms. The van der Waals surface area contributed by atoms with E-state index in [2.05, 4.69) is 5.32 Å². The number of carbonyl (C=O) groups excluding carboxylic acids is 3. The maximum Gasteiger partial charge on any atom is 0.332 e. The highest BCUT2D eigenvalue weighted by atomic mass is 32.2. The number of amides is 2. The van der Waals surface area contributed by atoms with Gasteiger partial charge < -0.3 is 10.1 Å². The molecule has 0 aliphatic carbocycles. The van der Waals surface area contributed by atoms with Crippen LogP contribution >= 0.6 is 0 Å². The van der Waals surface area contributed by atoms with Gasteiger partial charge in [0, 0.05) is 12.8 Å². The Kier molecular flexibility index (Phi) is 5.70. The number of nitrogens with one attached hydrogen (secondary N) is 1. The highest BCUT2D eigenvalue weighted by Crippen LogP contribution is 2.40. The summed E-state index contributed by atoms with van der Waals surface area (Å²) in [5.41, 5.74) is -0.632. The molecule has 0 radical (unpaired) electrons. The predicted molar refractivity (Wildman–Crippen MR) is 110 cm³/mol. The number of hydrogen-bond donors (Lipinski definition) is 1. The second-order valence-electron chi connectivity index (χ2n) is 8.84. The van der Waals surface area contributed by atoms with Crippen molar-refractivity contribution < 1.29 is 27.5 Å². The molecule has 2 aliphatic heterocycles. The van der Waals surface area contributed by atoms with Crippen molar-refractivity contribution in [3.05, 3.63) is 35.4 Å². The Morgan fingerprint density at radius 3 is 2.33 bits per heavy atom. The number of sulfonamides is 1. The molecule has 2 amide bonds. The van der Waals surface area contributed by atoms with Crippen molar-refractivity contribution in [3.63, 3.8) is 0 Å². The zero-order valence-electron chi connectivity index (χ0n) is 17.7. The molecular weight excluding hydrogens is 408 g/mol. The van der Waals surface area contributed by atoms with E-state index < -0.39 is 38.2 Å². The van der Waals surface area contributed by atoms with Crippen LogP contribution in [0.2, 0.25) is 0 Å². The van der Waals surface area contributed by atoms with E-state index in [1.165, 1.54) is 0 Å². The van der Waals surface area contributed by atoms with Crippen LogP contribution in [0.5, 0.6) is 0 Å². The topological polar surface area (TPSA) is 110 Å². The van der Waals surface area contributed by atoms with Gasteiger partial charge in [-0.3, -0.25) is 9.59 Å². The molecule has 0 spiro atoms. The molecule has 30 heavy (non-hydrogen) atoms. The van der Waals surface area contributed by atoms with Crippen LogP contribution in [0.4, 0.5) is 0 Å².